The first-order valence-corrected chi connectivity index (χ1v) is 10.1. The number of aromatic nitrogens is 4. The molecule has 1 amide bonds. The van der Waals surface area contributed by atoms with Gasteiger partial charge in [0.05, 0.1) is 12.0 Å². The van der Waals surface area contributed by atoms with E-state index < -0.39 is 0 Å². The lowest BCUT2D eigenvalue weighted by molar-refractivity contribution is -0.138. The molecule has 1 aliphatic carbocycles. The topological polar surface area (TPSA) is 85.0 Å². The molecule has 0 aromatic carbocycles. The first-order valence-electron chi connectivity index (χ1n) is 10.1. The number of nitrogens with zero attached hydrogens (tertiary/aromatic N) is 5. The Bertz CT molecular complexity index is 1040. The SMILES string of the molecule is Cc1ccc(-c2noc([C@H]3CCC(=O)N(C4CC4)[C@@H]3c3ccncc3)n2)nc1C. The molecular weight excluding hydrogens is 366 g/mol. The van der Waals surface area contributed by atoms with E-state index in [4.69, 9.17) is 9.51 Å². The maximum atomic E-state index is 12.8. The van der Waals surface area contributed by atoms with Crippen LogP contribution in [0.5, 0.6) is 0 Å². The molecule has 3 aromatic heterocycles. The van der Waals surface area contributed by atoms with Gasteiger partial charge in [-0.2, -0.15) is 4.98 Å². The smallest absolute Gasteiger partial charge is 0.232 e. The Morgan fingerprint density at radius 3 is 2.55 bits per heavy atom. The fourth-order valence-electron chi connectivity index (χ4n) is 4.16. The summed E-state index contributed by atoms with van der Waals surface area (Å²) in [6.45, 7) is 4.00. The summed E-state index contributed by atoms with van der Waals surface area (Å²) in [6.07, 6.45) is 6.85. The number of carbonyl (C=O) groups is 1. The number of pyridine rings is 2. The first-order chi connectivity index (χ1) is 14.1. The molecule has 2 aliphatic rings. The molecule has 7 nitrogen and oxygen atoms in total. The van der Waals surface area contributed by atoms with Gasteiger partial charge in [-0.15, -0.1) is 0 Å². The van der Waals surface area contributed by atoms with E-state index in [2.05, 4.69) is 15.1 Å². The minimum absolute atomic E-state index is 0.0384. The number of hydrogen-bond acceptors (Lipinski definition) is 6. The van der Waals surface area contributed by atoms with Gasteiger partial charge < -0.3 is 9.42 Å². The van der Waals surface area contributed by atoms with Crippen molar-refractivity contribution in [1.82, 2.24) is 25.0 Å². The Morgan fingerprint density at radius 2 is 1.83 bits per heavy atom. The van der Waals surface area contributed by atoms with Crippen molar-refractivity contribution in [2.24, 2.45) is 0 Å². The van der Waals surface area contributed by atoms with E-state index in [0.717, 1.165) is 29.7 Å². The van der Waals surface area contributed by atoms with Crippen molar-refractivity contribution in [3.05, 3.63) is 59.4 Å². The molecule has 0 N–H and O–H groups in total. The Balaban J connectivity index is 1.52. The predicted octanol–water partition coefficient (Wildman–Crippen LogP) is 3.75. The standard InChI is InChI=1S/C22H23N5O2/c1-13-3-7-18(24-14(13)2)21-25-22(29-26-21)17-6-8-19(28)27(16-4-5-16)20(17)15-9-11-23-12-10-15/h3,7,9-12,16-17,20H,4-6,8H2,1-2H3/t17-,20+/m0/s1. The summed E-state index contributed by atoms with van der Waals surface area (Å²) in [6, 6.07) is 8.10. The van der Waals surface area contributed by atoms with Crippen molar-refractivity contribution in [2.75, 3.05) is 0 Å². The van der Waals surface area contributed by atoms with Crippen LogP contribution in [0.4, 0.5) is 0 Å². The van der Waals surface area contributed by atoms with Gasteiger partial charge in [0.25, 0.3) is 0 Å². The molecule has 29 heavy (non-hydrogen) atoms. The van der Waals surface area contributed by atoms with Crippen LogP contribution in [0, 0.1) is 13.8 Å². The van der Waals surface area contributed by atoms with Gasteiger partial charge in [0.1, 0.15) is 5.69 Å². The van der Waals surface area contributed by atoms with Crippen LogP contribution in [-0.4, -0.2) is 37.0 Å². The molecule has 0 bridgehead atoms. The van der Waals surface area contributed by atoms with Crippen LogP contribution in [0.3, 0.4) is 0 Å². The highest BCUT2D eigenvalue weighted by molar-refractivity contribution is 5.78. The molecular formula is C22H23N5O2. The van der Waals surface area contributed by atoms with Crippen LogP contribution in [0.15, 0.2) is 41.2 Å². The summed E-state index contributed by atoms with van der Waals surface area (Å²) in [5, 5.41) is 4.20. The molecule has 4 heterocycles. The van der Waals surface area contributed by atoms with Gasteiger partial charge in [0.2, 0.25) is 17.6 Å². The van der Waals surface area contributed by atoms with E-state index in [1.165, 1.54) is 0 Å². The minimum Gasteiger partial charge on any atom is -0.339 e. The van der Waals surface area contributed by atoms with Crippen molar-refractivity contribution in [3.8, 4) is 11.5 Å². The minimum atomic E-state index is -0.104. The average Bonchev–Trinajstić information content (AvgIpc) is 3.46. The monoisotopic (exact) mass is 389 g/mol. The van der Waals surface area contributed by atoms with Gasteiger partial charge >= 0.3 is 0 Å². The van der Waals surface area contributed by atoms with Gasteiger partial charge in [-0.05, 0) is 62.4 Å². The molecule has 0 spiro atoms. The molecule has 1 saturated heterocycles. The van der Waals surface area contributed by atoms with Crippen LogP contribution >= 0.6 is 0 Å². The first kappa shape index (κ1) is 18.0. The Morgan fingerprint density at radius 1 is 1.03 bits per heavy atom. The van der Waals surface area contributed by atoms with Crippen molar-refractivity contribution in [3.63, 3.8) is 0 Å². The van der Waals surface area contributed by atoms with Crippen LogP contribution in [0.25, 0.3) is 11.5 Å². The normalized spacial score (nSPS) is 22.1. The van der Waals surface area contributed by atoms with Gasteiger partial charge in [-0.3, -0.25) is 9.78 Å². The number of likely N-dealkylation sites (tertiary alicyclic amines) is 1. The molecule has 2 atom stereocenters. The summed E-state index contributed by atoms with van der Waals surface area (Å²) < 4.78 is 5.71. The lowest BCUT2D eigenvalue weighted by atomic mass is 9.84. The third-order valence-corrected chi connectivity index (χ3v) is 5.96. The van der Waals surface area contributed by atoms with E-state index in [1.54, 1.807) is 12.4 Å². The van der Waals surface area contributed by atoms with Gasteiger partial charge in [-0.25, -0.2) is 4.98 Å². The third-order valence-electron chi connectivity index (χ3n) is 5.96. The highest BCUT2D eigenvalue weighted by Crippen LogP contribution is 2.47. The van der Waals surface area contributed by atoms with E-state index in [1.807, 2.05) is 43.0 Å². The molecule has 0 radical (unpaired) electrons. The van der Waals surface area contributed by atoms with E-state index >= 15 is 0 Å². The number of aryl methyl sites for hydroxylation is 2. The molecule has 2 fully saturated rings. The number of amides is 1. The van der Waals surface area contributed by atoms with Crippen molar-refractivity contribution < 1.29 is 9.32 Å². The second-order valence-corrected chi connectivity index (χ2v) is 7.96. The fourth-order valence-corrected chi connectivity index (χ4v) is 4.16. The zero-order valence-electron chi connectivity index (χ0n) is 16.6. The zero-order chi connectivity index (χ0) is 20.0. The Kier molecular flexibility index (Phi) is 4.38. The van der Waals surface area contributed by atoms with E-state index in [9.17, 15) is 4.79 Å². The lowest BCUT2D eigenvalue weighted by Crippen LogP contribution is -2.43. The summed E-state index contributed by atoms with van der Waals surface area (Å²) in [7, 11) is 0. The van der Waals surface area contributed by atoms with Crippen molar-refractivity contribution in [1.29, 1.82) is 0 Å². The Labute approximate surface area is 169 Å². The van der Waals surface area contributed by atoms with Gasteiger partial charge in [0.15, 0.2) is 0 Å². The number of hydrogen-bond donors (Lipinski definition) is 0. The third kappa shape index (κ3) is 3.30. The largest absolute Gasteiger partial charge is 0.339 e. The van der Waals surface area contributed by atoms with Crippen LogP contribution in [0.1, 0.15) is 60.4 Å². The molecule has 1 aliphatic heterocycles. The van der Waals surface area contributed by atoms with Crippen molar-refractivity contribution in [2.45, 2.75) is 57.5 Å². The van der Waals surface area contributed by atoms with Crippen molar-refractivity contribution >= 4 is 5.91 Å². The van der Waals surface area contributed by atoms with Gasteiger partial charge in [0, 0.05) is 30.6 Å². The maximum Gasteiger partial charge on any atom is 0.232 e. The average molecular weight is 389 g/mol. The molecule has 3 aromatic rings. The summed E-state index contributed by atoms with van der Waals surface area (Å²) in [5.74, 6) is 1.23. The van der Waals surface area contributed by atoms with Crippen LogP contribution in [-0.2, 0) is 4.79 Å². The lowest BCUT2D eigenvalue weighted by Gasteiger charge is -2.40. The molecule has 0 unspecified atom stereocenters. The van der Waals surface area contributed by atoms with Crippen LogP contribution in [0.2, 0.25) is 0 Å². The highest BCUT2D eigenvalue weighted by atomic mass is 16.5. The van der Waals surface area contributed by atoms with E-state index in [-0.39, 0.29) is 17.9 Å². The second-order valence-electron chi connectivity index (χ2n) is 7.96. The van der Waals surface area contributed by atoms with E-state index in [0.29, 0.717) is 36.3 Å². The quantitative estimate of drug-likeness (QED) is 0.675. The highest BCUT2D eigenvalue weighted by Gasteiger charge is 2.46. The molecule has 7 heteroatoms. The summed E-state index contributed by atoms with van der Waals surface area (Å²) in [5.41, 5.74) is 3.84. The number of rotatable bonds is 4. The fraction of sp³-hybridized carbons (Fsp3) is 0.409. The summed E-state index contributed by atoms with van der Waals surface area (Å²) >= 11 is 0. The predicted molar refractivity (Wildman–Crippen MR) is 106 cm³/mol. The zero-order valence-corrected chi connectivity index (χ0v) is 16.6. The molecule has 1 saturated carbocycles. The second kappa shape index (κ2) is 7.06. The number of carbonyl (C=O) groups excluding carboxylic acids is 1. The van der Waals surface area contributed by atoms with Crippen LogP contribution < -0.4 is 0 Å². The maximum absolute atomic E-state index is 12.8. The number of piperidine rings is 1. The van der Waals surface area contributed by atoms with Gasteiger partial charge in [-0.1, -0.05) is 11.2 Å². The molecule has 148 valence electrons. The summed E-state index contributed by atoms with van der Waals surface area (Å²) in [4.78, 5) is 28.2. The molecule has 5 rings (SSSR count). The Hall–Kier alpha value is -3.09.